The van der Waals surface area contributed by atoms with Gasteiger partial charge in [-0.15, -0.1) is 0 Å². The minimum Gasteiger partial charge on any atom is -0.457 e. The number of benzene rings is 6. The molecular weight excluding hydrogens is 697 g/mol. The topological polar surface area (TPSA) is 33.5 Å². The molecule has 0 saturated heterocycles. The molecule has 1 aliphatic heterocycles. The van der Waals surface area contributed by atoms with Crippen LogP contribution in [-0.2, 0) is 10.8 Å². The summed E-state index contributed by atoms with van der Waals surface area (Å²) in [6.07, 6.45) is 1.94. The third-order valence-corrected chi connectivity index (χ3v) is 11.5. The molecular formula is C52H50N4O. The molecule has 0 saturated carbocycles. The SMILES string of the molecule is Cc1cc2c(cc1C)N(c1cc(Oc3cc(-c4ccccc4)c4c5ccccc5n(-c5cc(C(C)(C)C)ccn5)c4c3)cc(C(C)(C)C)c1)CN2c1ccccc1. The summed E-state index contributed by atoms with van der Waals surface area (Å²) in [5.41, 5.74) is 14.0. The van der Waals surface area contributed by atoms with Crippen molar-refractivity contribution >= 4 is 44.6 Å². The Morgan fingerprint density at radius 3 is 1.84 bits per heavy atom. The lowest BCUT2D eigenvalue weighted by Crippen LogP contribution is -2.24. The van der Waals surface area contributed by atoms with Crippen LogP contribution in [0.4, 0.5) is 22.7 Å². The molecule has 8 aromatic rings. The van der Waals surface area contributed by atoms with Crippen LogP contribution in [0.15, 0.2) is 146 Å². The van der Waals surface area contributed by atoms with Crippen molar-refractivity contribution in [2.45, 2.75) is 66.2 Å². The van der Waals surface area contributed by atoms with Gasteiger partial charge in [-0.05, 0) is 119 Å². The van der Waals surface area contributed by atoms with Crippen molar-refractivity contribution in [3.05, 3.63) is 168 Å². The first-order chi connectivity index (χ1) is 27.3. The quantitative estimate of drug-likeness (QED) is 0.170. The molecule has 0 radical (unpaired) electrons. The van der Waals surface area contributed by atoms with E-state index in [0.29, 0.717) is 6.67 Å². The highest BCUT2D eigenvalue weighted by molar-refractivity contribution is 6.16. The first kappa shape index (κ1) is 36.3. The molecule has 57 heavy (non-hydrogen) atoms. The van der Waals surface area contributed by atoms with Crippen LogP contribution in [0, 0.1) is 13.8 Å². The van der Waals surface area contributed by atoms with E-state index in [2.05, 4.69) is 209 Å². The summed E-state index contributed by atoms with van der Waals surface area (Å²) in [5.74, 6) is 2.46. The van der Waals surface area contributed by atoms with E-state index < -0.39 is 0 Å². The van der Waals surface area contributed by atoms with Crippen LogP contribution in [0.1, 0.15) is 63.8 Å². The number of anilines is 4. The standard InChI is InChI=1S/C52H50N4O/c1-34-25-46-47(26-35(34)2)55(33-54(46)39-19-13-10-14-20-39)40-27-38(52(6,7)8)28-41(30-40)57-42-31-44(36-17-11-9-12-18-36)50-43-21-15-16-22-45(43)56(48(50)32-42)49-29-37(23-24-53-49)51(3,4)5/h9-32H,33H2,1-8H3. The molecule has 0 atom stereocenters. The van der Waals surface area contributed by atoms with Gasteiger partial charge in [-0.3, -0.25) is 4.57 Å². The number of aromatic nitrogens is 2. The maximum atomic E-state index is 7.12. The van der Waals surface area contributed by atoms with Crippen LogP contribution in [0.3, 0.4) is 0 Å². The van der Waals surface area contributed by atoms with Gasteiger partial charge in [-0.2, -0.15) is 0 Å². The Morgan fingerprint density at radius 2 is 1.16 bits per heavy atom. The molecule has 1 aliphatic rings. The third kappa shape index (κ3) is 6.61. The second-order valence-corrected chi connectivity index (χ2v) is 17.6. The van der Waals surface area contributed by atoms with Crippen LogP contribution in [0.5, 0.6) is 11.5 Å². The monoisotopic (exact) mass is 746 g/mol. The highest BCUT2D eigenvalue weighted by Crippen LogP contribution is 2.48. The van der Waals surface area contributed by atoms with Gasteiger partial charge in [0, 0.05) is 40.5 Å². The number of hydrogen-bond donors (Lipinski definition) is 0. The number of fused-ring (bicyclic) bond motifs is 4. The van der Waals surface area contributed by atoms with Crippen molar-refractivity contribution in [2.75, 3.05) is 16.5 Å². The van der Waals surface area contributed by atoms with Crippen molar-refractivity contribution in [1.82, 2.24) is 9.55 Å². The smallest absolute Gasteiger partial charge is 0.137 e. The molecule has 5 nitrogen and oxygen atoms in total. The van der Waals surface area contributed by atoms with Gasteiger partial charge in [0.2, 0.25) is 0 Å². The molecule has 5 heteroatoms. The summed E-state index contributed by atoms with van der Waals surface area (Å²) in [5, 5.41) is 2.36. The lowest BCUT2D eigenvalue weighted by atomic mass is 9.86. The average molecular weight is 747 g/mol. The van der Waals surface area contributed by atoms with E-state index in [1.54, 1.807) is 0 Å². The lowest BCUT2D eigenvalue weighted by Gasteiger charge is -2.26. The molecule has 0 aliphatic carbocycles. The van der Waals surface area contributed by atoms with Crippen molar-refractivity contribution in [2.24, 2.45) is 0 Å². The summed E-state index contributed by atoms with van der Waals surface area (Å²) in [6, 6.07) is 50.2. The van der Waals surface area contributed by atoms with Crippen LogP contribution in [0.2, 0.25) is 0 Å². The summed E-state index contributed by atoms with van der Waals surface area (Å²) in [4.78, 5) is 9.82. The van der Waals surface area contributed by atoms with E-state index in [9.17, 15) is 0 Å². The molecule has 0 amide bonds. The molecule has 0 N–H and O–H groups in total. The Labute approximate surface area is 336 Å². The Morgan fingerprint density at radius 1 is 0.544 bits per heavy atom. The molecule has 9 rings (SSSR count). The first-order valence-electron chi connectivity index (χ1n) is 20.0. The van der Waals surface area contributed by atoms with E-state index in [-0.39, 0.29) is 10.8 Å². The zero-order valence-electron chi connectivity index (χ0n) is 34.3. The lowest BCUT2D eigenvalue weighted by molar-refractivity contribution is 0.479. The number of nitrogens with zero attached hydrogens (tertiary/aromatic N) is 4. The largest absolute Gasteiger partial charge is 0.457 e. The second kappa shape index (κ2) is 13.7. The highest BCUT2D eigenvalue weighted by atomic mass is 16.5. The van der Waals surface area contributed by atoms with E-state index in [1.807, 2.05) is 6.20 Å². The maximum Gasteiger partial charge on any atom is 0.137 e. The molecule has 0 fully saturated rings. The minimum absolute atomic E-state index is 0.0266. The molecule has 0 bridgehead atoms. The van der Waals surface area contributed by atoms with Crippen molar-refractivity contribution in [3.63, 3.8) is 0 Å². The molecule has 0 spiro atoms. The minimum atomic E-state index is -0.117. The number of para-hydroxylation sites is 2. The summed E-state index contributed by atoms with van der Waals surface area (Å²) in [7, 11) is 0. The van der Waals surface area contributed by atoms with Crippen molar-refractivity contribution in [1.29, 1.82) is 0 Å². The average Bonchev–Trinajstić information content (AvgIpc) is 3.73. The Balaban J connectivity index is 1.23. The number of rotatable bonds is 6. The summed E-state index contributed by atoms with van der Waals surface area (Å²) >= 11 is 0. The van der Waals surface area contributed by atoms with Crippen LogP contribution in [0.25, 0.3) is 38.8 Å². The first-order valence-corrected chi connectivity index (χ1v) is 20.0. The molecule has 6 aromatic carbocycles. The van der Waals surface area contributed by atoms with Crippen molar-refractivity contribution in [3.8, 4) is 28.4 Å². The zero-order chi connectivity index (χ0) is 39.6. The number of pyridine rings is 1. The van der Waals surface area contributed by atoms with E-state index in [4.69, 9.17) is 9.72 Å². The fraction of sp³-hybridized carbons (Fsp3) is 0.212. The molecule has 2 aromatic heterocycles. The fourth-order valence-corrected chi connectivity index (χ4v) is 8.16. The summed E-state index contributed by atoms with van der Waals surface area (Å²) < 4.78 is 9.42. The van der Waals surface area contributed by atoms with Gasteiger partial charge in [-0.25, -0.2) is 4.98 Å². The predicted molar refractivity (Wildman–Crippen MR) is 239 cm³/mol. The van der Waals surface area contributed by atoms with E-state index in [0.717, 1.165) is 45.2 Å². The third-order valence-electron chi connectivity index (χ3n) is 11.5. The van der Waals surface area contributed by atoms with Gasteiger partial charge in [0.15, 0.2) is 0 Å². The highest BCUT2D eigenvalue weighted by Gasteiger charge is 2.30. The predicted octanol–water partition coefficient (Wildman–Crippen LogP) is 14.1. The van der Waals surface area contributed by atoms with Gasteiger partial charge in [0.1, 0.15) is 24.0 Å². The Kier molecular flexibility index (Phi) is 8.73. The van der Waals surface area contributed by atoms with Gasteiger partial charge < -0.3 is 14.5 Å². The fourth-order valence-electron chi connectivity index (χ4n) is 8.16. The normalized spacial score (nSPS) is 13.1. The Hall–Kier alpha value is -6.33. The van der Waals surface area contributed by atoms with E-state index >= 15 is 0 Å². The van der Waals surface area contributed by atoms with Gasteiger partial charge in [0.05, 0.1) is 22.4 Å². The van der Waals surface area contributed by atoms with Crippen LogP contribution < -0.4 is 14.5 Å². The second-order valence-electron chi connectivity index (χ2n) is 17.6. The van der Waals surface area contributed by atoms with Gasteiger partial charge in [0.25, 0.3) is 0 Å². The van der Waals surface area contributed by atoms with Gasteiger partial charge >= 0.3 is 0 Å². The zero-order valence-corrected chi connectivity index (χ0v) is 34.3. The number of ether oxygens (including phenoxy) is 1. The van der Waals surface area contributed by atoms with Crippen LogP contribution >= 0.6 is 0 Å². The van der Waals surface area contributed by atoms with Gasteiger partial charge in [-0.1, -0.05) is 108 Å². The Bertz CT molecular complexity index is 2790. The number of aryl methyl sites for hydroxylation is 2. The molecule has 284 valence electrons. The molecule has 3 heterocycles. The number of hydrogen-bond acceptors (Lipinski definition) is 4. The van der Waals surface area contributed by atoms with Crippen LogP contribution in [-0.4, -0.2) is 16.2 Å². The maximum absolute atomic E-state index is 7.12. The molecule has 0 unspecified atom stereocenters. The van der Waals surface area contributed by atoms with E-state index in [1.165, 1.54) is 50.1 Å². The summed E-state index contributed by atoms with van der Waals surface area (Å²) in [6.45, 7) is 18.7. The van der Waals surface area contributed by atoms with Crippen molar-refractivity contribution < 1.29 is 4.74 Å².